The fraction of sp³-hybridized carbons (Fsp3) is 0.488. The molecule has 2 saturated heterocycles. The summed E-state index contributed by atoms with van der Waals surface area (Å²) >= 11 is 1.65. The van der Waals surface area contributed by atoms with Crippen LogP contribution in [0, 0.1) is 5.82 Å². The number of piperazine rings is 1. The zero-order valence-corrected chi connectivity index (χ0v) is 35.4. The number of amides is 1. The first kappa shape index (κ1) is 38.3. The molecule has 1 aliphatic carbocycles. The number of ether oxygens (including phenoxy) is 2. The minimum Gasteiger partial charge on any atom is -0.378 e. The van der Waals surface area contributed by atoms with Crippen LogP contribution in [0.3, 0.4) is 0 Å². The number of anilines is 4. The molecule has 11 nitrogen and oxygen atoms in total. The standard InChI is InChI=1S/C43H53FN8O3SSi/c1-5-32-35(22-28(44)23-36(32)52-15-14-34-33-8-6-7-9-37(33)56-39(34)43(52)53)40-47-41(38-42(48-40)51(26-45-38)27-54-20-21-57(2,3)4)46-29-10-12-30(13-11-29)49-16-18-50(19-17-49)31-24-55-25-31/h10-13,22-23,26,31H,5-9,14-21,24-25,27H2,1-4H3,(H,46,47,48). The van der Waals surface area contributed by atoms with E-state index >= 15 is 4.39 Å². The number of imidazole rings is 1. The molecule has 0 unspecified atom stereocenters. The quantitative estimate of drug-likeness (QED) is 0.0996. The van der Waals surface area contributed by atoms with Crippen molar-refractivity contribution >= 4 is 59.4 Å². The maximum Gasteiger partial charge on any atom is 0.268 e. The Labute approximate surface area is 339 Å². The number of carbonyl (C=O) groups excluding carboxylic acids is 1. The van der Waals surface area contributed by atoms with Gasteiger partial charge in [-0.1, -0.05) is 26.6 Å². The van der Waals surface area contributed by atoms with Gasteiger partial charge < -0.3 is 24.6 Å². The molecule has 1 amide bonds. The second-order valence-corrected chi connectivity index (χ2v) is 23.8. The first-order chi connectivity index (χ1) is 27.6. The summed E-state index contributed by atoms with van der Waals surface area (Å²) in [5.41, 5.74) is 7.84. The van der Waals surface area contributed by atoms with Crippen LogP contribution in [0.5, 0.6) is 0 Å². The molecule has 14 heteroatoms. The highest BCUT2D eigenvalue weighted by atomic mass is 32.1. The van der Waals surface area contributed by atoms with Gasteiger partial charge in [0, 0.05) is 69.2 Å². The summed E-state index contributed by atoms with van der Waals surface area (Å²) in [4.78, 5) is 38.0. The molecule has 5 aromatic rings. The van der Waals surface area contributed by atoms with E-state index in [0.29, 0.717) is 59.7 Å². The molecule has 0 atom stereocenters. The fourth-order valence-electron chi connectivity index (χ4n) is 8.64. The van der Waals surface area contributed by atoms with Crippen LogP contribution >= 0.6 is 11.3 Å². The highest BCUT2D eigenvalue weighted by molar-refractivity contribution is 7.14. The maximum atomic E-state index is 15.9. The zero-order chi connectivity index (χ0) is 39.3. The van der Waals surface area contributed by atoms with Crippen molar-refractivity contribution in [2.75, 3.05) is 67.7 Å². The molecule has 300 valence electrons. The molecular formula is C43H53FN8O3SSi. The number of hydrogen-bond donors (Lipinski definition) is 1. The summed E-state index contributed by atoms with van der Waals surface area (Å²) in [6.07, 6.45) is 7.51. The molecule has 0 saturated carbocycles. The summed E-state index contributed by atoms with van der Waals surface area (Å²) < 4.78 is 29.4. The van der Waals surface area contributed by atoms with E-state index in [4.69, 9.17) is 24.4 Å². The average Bonchev–Trinajstić information content (AvgIpc) is 3.78. The van der Waals surface area contributed by atoms with Crippen LogP contribution in [0.4, 0.5) is 27.3 Å². The second-order valence-electron chi connectivity index (χ2n) is 17.0. The Morgan fingerprint density at radius 1 is 0.982 bits per heavy atom. The molecule has 0 bridgehead atoms. The summed E-state index contributed by atoms with van der Waals surface area (Å²) in [5.74, 6) is 0.428. The van der Waals surface area contributed by atoms with E-state index < -0.39 is 13.9 Å². The van der Waals surface area contributed by atoms with Gasteiger partial charge in [0.05, 0.1) is 36.1 Å². The number of halogens is 1. The number of carbonyl (C=O) groups is 1. The molecule has 2 fully saturated rings. The Hall–Kier alpha value is -4.21. The SMILES string of the molecule is CCc1c(-c2nc(Nc3ccc(N4CCN(C5COC5)CC4)cc3)c3ncn(COCC[Si](C)(C)C)c3n2)cc(F)cc1N1CCc2c(sc3c2CCCC3)C1=O. The van der Waals surface area contributed by atoms with E-state index in [-0.39, 0.29) is 12.6 Å². The van der Waals surface area contributed by atoms with Crippen LogP contribution in [0.25, 0.3) is 22.6 Å². The number of fused-ring (bicyclic) bond motifs is 4. The monoisotopic (exact) mass is 808 g/mol. The second kappa shape index (κ2) is 15.9. The van der Waals surface area contributed by atoms with Gasteiger partial charge >= 0.3 is 0 Å². The highest BCUT2D eigenvalue weighted by Crippen LogP contribution is 2.41. The van der Waals surface area contributed by atoms with E-state index in [1.807, 2.05) is 11.5 Å². The average molecular weight is 809 g/mol. The van der Waals surface area contributed by atoms with Gasteiger partial charge in [-0.3, -0.25) is 14.3 Å². The molecule has 3 aliphatic heterocycles. The zero-order valence-electron chi connectivity index (χ0n) is 33.6. The van der Waals surface area contributed by atoms with Gasteiger partial charge in [0.25, 0.3) is 5.91 Å². The van der Waals surface area contributed by atoms with Crippen LogP contribution < -0.4 is 15.1 Å². The van der Waals surface area contributed by atoms with Crippen molar-refractivity contribution in [3.05, 3.63) is 75.0 Å². The number of nitrogens with zero attached hydrogens (tertiary/aromatic N) is 7. The van der Waals surface area contributed by atoms with Gasteiger partial charge in [-0.25, -0.2) is 19.3 Å². The van der Waals surface area contributed by atoms with Crippen LogP contribution in [0.15, 0.2) is 42.7 Å². The summed E-state index contributed by atoms with van der Waals surface area (Å²) in [6, 6.07) is 13.1. The Morgan fingerprint density at radius 2 is 1.77 bits per heavy atom. The lowest BCUT2D eigenvalue weighted by Gasteiger charge is -2.43. The third kappa shape index (κ3) is 7.74. The van der Waals surface area contributed by atoms with E-state index in [1.54, 1.807) is 22.6 Å². The Morgan fingerprint density at radius 3 is 2.51 bits per heavy atom. The van der Waals surface area contributed by atoms with Crippen molar-refractivity contribution in [2.24, 2.45) is 0 Å². The van der Waals surface area contributed by atoms with Gasteiger partial charge in [0.15, 0.2) is 22.8 Å². The number of thiophene rings is 1. The summed E-state index contributed by atoms with van der Waals surface area (Å²) in [6.45, 7) is 16.2. The lowest BCUT2D eigenvalue weighted by atomic mass is 9.91. The highest BCUT2D eigenvalue weighted by Gasteiger charge is 2.34. The van der Waals surface area contributed by atoms with Crippen LogP contribution in [-0.2, 0) is 41.9 Å². The fourth-order valence-corrected chi connectivity index (χ4v) is 10.8. The number of rotatable bonds is 12. The number of benzene rings is 2. The van der Waals surface area contributed by atoms with Gasteiger partial charge in [0.2, 0.25) is 0 Å². The Balaban J connectivity index is 1.04. The number of hydrogen-bond acceptors (Lipinski definition) is 10. The van der Waals surface area contributed by atoms with E-state index in [9.17, 15) is 4.79 Å². The maximum absolute atomic E-state index is 15.9. The van der Waals surface area contributed by atoms with Gasteiger partial charge in [-0.15, -0.1) is 11.3 Å². The first-order valence-electron chi connectivity index (χ1n) is 20.7. The van der Waals surface area contributed by atoms with Crippen LogP contribution in [0.1, 0.15) is 51.0 Å². The van der Waals surface area contributed by atoms with Gasteiger partial charge in [-0.05, 0) is 97.7 Å². The molecular weight excluding hydrogens is 756 g/mol. The predicted molar refractivity (Wildman–Crippen MR) is 229 cm³/mol. The van der Waals surface area contributed by atoms with Crippen molar-refractivity contribution < 1.29 is 18.7 Å². The van der Waals surface area contributed by atoms with Crippen LogP contribution in [0.2, 0.25) is 25.7 Å². The predicted octanol–water partition coefficient (Wildman–Crippen LogP) is 7.91. The van der Waals surface area contributed by atoms with Crippen molar-refractivity contribution in [3.8, 4) is 11.4 Å². The molecule has 9 rings (SSSR count). The molecule has 0 radical (unpaired) electrons. The molecule has 4 aliphatic rings. The number of aromatic nitrogens is 4. The number of aryl methyl sites for hydroxylation is 1. The third-order valence-corrected chi connectivity index (χ3v) is 15.0. The van der Waals surface area contributed by atoms with E-state index in [2.05, 4.69) is 59.0 Å². The molecule has 2 aromatic carbocycles. The minimum absolute atomic E-state index is 0.0348. The van der Waals surface area contributed by atoms with Gasteiger partial charge in [0.1, 0.15) is 12.5 Å². The topological polar surface area (TPSA) is 101 Å². The summed E-state index contributed by atoms with van der Waals surface area (Å²) in [7, 11) is -1.28. The number of nitrogens with one attached hydrogen (secondary N) is 1. The molecule has 57 heavy (non-hydrogen) atoms. The largest absolute Gasteiger partial charge is 0.378 e. The lowest BCUT2D eigenvalue weighted by Crippen LogP contribution is -2.56. The van der Waals surface area contributed by atoms with E-state index in [0.717, 1.165) is 80.8 Å². The van der Waals surface area contributed by atoms with E-state index in [1.165, 1.54) is 46.7 Å². The van der Waals surface area contributed by atoms with Crippen molar-refractivity contribution in [1.82, 2.24) is 24.4 Å². The minimum atomic E-state index is -1.28. The smallest absolute Gasteiger partial charge is 0.268 e. The Kier molecular flexibility index (Phi) is 10.7. The first-order valence-corrected chi connectivity index (χ1v) is 25.2. The van der Waals surface area contributed by atoms with Crippen LogP contribution in [-0.4, -0.2) is 97.0 Å². The van der Waals surface area contributed by atoms with Crippen molar-refractivity contribution in [1.29, 1.82) is 0 Å². The van der Waals surface area contributed by atoms with Crippen molar-refractivity contribution in [2.45, 2.75) is 83.9 Å². The third-order valence-electron chi connectivity index (χ3n) is 12.0. The normalized spacial score (nSPS) is 17.9. The van der Waals surface area contributed by atoms with Gasteiger partial charge in [-0.2, -0.15) is 0 Å². The van der Waals surface area contributed by atoms with Crippen molar-refractivity contribution in [3.63, 3.8) is 0 Å². The lowest BCUT2D eigenvalue weighted by molar-refractivity contribution is -0.0660. The summed E-state index contributed by atoms with van der Waals surface area (Å²) in [5, 5.41) is 3.54. The molecule has 1 N–H and O–H groups in total. The molecule has 0 spiro atoms. The molecule has 6 heterocycles. The Bertz CT molecular complexity index is 2280. The molecule has 3 aromatic heterocycles.